The topological polar surface area (TPSA) is 3.24 Å². The number of allylic oxidation sites excluding steroid dienone is 8. The summed E-state index contributed by atoms with van der Waals surface area (Å²) in [5.74, 6) is 0. The zero-order chi connectivity index (χ0) is 31.4. The molecule has 0 saturated carbocycles. The molecule has 0 atom stereocenters. The summed E-state index contributed by atoms with van der Waals surface area (Å²) < 4.78 is 0. The van der Waals surface area contributed by atoms with Crippen LogP contribution >= 0.6 is 22.7 Å². The highest BCUT2D eigenvalue weighted by atomic mass is 32.1. The Morgan fingerprint density at radius 2 is 1.00 bits per heavy atom. The zero-order valence-corrected chi connectivity index (χ0v) is 27.8. The maximum absolute atomic E-state index is 2.44. The van der Waals surface area contributed by atoms with E-state index in [-0.39, 0.29) is 0 Å². The third-order valence-corrected chi connectivity index (χ3v) is 11.3. The molecule has 0 fully saturated rings. The highest BCUT2D eigenvalue weighted by Gasteiger charge is 2.19. The van der Waals surface area contributed by atoms with Gasteiger partial charge in [0.15, 0.2) is 0 Å². The summed E-state index contributed by atoms with van der Waals surface area (Å²) in [5, 5.41) is 0. The van der Waals surface area contributed by atoms with Gasteiger partial charge in [0.25, 0.3) is 0 Å². The van der Waals surface area contributed by atoms with Crippen molar-refractivity contribution in [3.05, 3.63) is 179 Å². The normalized spacial score (nSPS) is 14.3. The Kier molecular flexibility index (Phi) is 8.40. The molecule has 47 heavy (non-hydrogen) atoms. The average molecular weight is 642 g/mol. The van der Waals surface area contributed by atoms with Crippen molar-refractivity contribution in [2.75, 3.05) is 4.90 Å². The molecule has 0 N–H and O–H groups in total. The molecule has 0 amide bonds. The van der Waals surface area contributed by atoms with Crippen LogP contribution in [0.5, 0.6) is 0 Å². The molecule has 0 saturated heterocycles. The minimum absolute atomic E-state index is 0.976. The molecule has 2 heterocycles. The summed E-state index contributed by atoms with van der Waals surface area (Å²) in [5.41, 5.74) is 11.4. The molecule has 2 aromatic heterocycles. The minimum atomic E-state index is 0.976. The van der Waals surface area contributed by atoms with E-state index in [0.717, 1.165) is 25.7 Å². The highest BCUT2D eigenvalue weighted by molar-refractivity contribution is 7.17. The molecule has 6 aromatic rings. The Balaban J connectivity index is 1.11. The molecular weight excluding hydrogens is 607 g/mol. The van der Waals surface area contributed by atoms with Gasteiger partial charge in [-0.05, 0) is 114 Å². The zero-order valence-electron chi connectivity index (χ0n) is 26.2. The maximum atomic E-state index is 2.44. The van der Waals surface area contributed by atoms with E-state index < -0.39 is 0 Å². The fourth-order valence-electron chi connectivity index (χ4n) is 6.42. The van der Waals surface area contributed by atoms with Crippen LogP contribution < -0.4 is 4.90 Å². The molecule has 3 heteroatoms. The number of hydrogen-bond acceptors (Lipinski definition) is 3. The van der Waals surface area contributed by atoms with Gasteiger partial charge >= 0.3 is 0 Å². The van der Waals surface area contributed by atoms with E-state index in [0.29, 0.717) is 0 Å². The van der Waals surface area contributed by atoms with Crippen molar-refractivity contribution < 1.29 is 0 Å². The Morgan fingerprint density at radius 3 is 1.62 bits per heavy atom. The average Bonchev–Trinajstić information content (AvgIpc) is 3.86. The molecule has 0 radical (unpaired) electrons. The van der Waals surface area contributed by atoms with Gasteiger partial charge in [0.2, 0.25) is 0 Å². The number of nitrogens with zero attached hydrogens (tertiary/aromatic N) is 1. The molecule has 228 valence electrons. The van der Waals surface area contributed by atoms with Gasteiger partial charge in [0.1, 0.15) is 0 Å². The van der Waals surface area contributed by atoms with Gasteiger partial charge in [-0.25, -0.2) is 0 Å². The Hall–Kier alpha value is -4.96. The van der Waals surface area contributed by atoms with E-state index in [4.69, 9.17) is 0 Å². The molecule has 8 rings (SSSR count). The summed E-state index contributed by atoms with van der Waals surface area (Å²) in [7, 11) is 0. The molecule has 2 aliphatic carbocycles. The predicted octanol–water partition coefficient (Wildman–Crippen LogP) is 13.4. The largest absolute Gasteiger partial charge is 0.314 e. The van der Waals surface area contributed by atoms with Crippen LogP contribution in [-0.4, -0.2) is 0 Å². The molecule has 0 aliphatic heterocycles. The van der Waals surface area contributed by atoms with Crippen molar-refractivity contribution in [2.45, 2.75) is 25.7 Å². The summed E-state index contributed by atoms with van der Waals surface area (Å²) in [4.78, 5) is 7.77. The van der Waals surface area contributed by atoms with E-state index in [1.165, 1.54) is 70.0 Å². The van der Waals surface area contributed by atoms with Gasteiger partial charge in [0.05, 0.1) is 0 Å². The second-order valence-electron chi connectivity index (χ2n) is 12.0. The number of anilines is 2. The van der Waals surface area contributed by atoms with Crippen molar-refractivity contribution >= 4 is 45.2 Å². The Bertz CT molecular complexity index is 2100. The lowest BCUT2D eigenvalue weighted by Crippen LogP contribution is -2.17. The molecule has 0 spiro atoms. The summed E-state index contributed by atoms with van der Waals surface area (Å²) >= 11 is 3.76. The number of rotatable bonds is 8. The van der Waals surface area contributed by atoms with Crippen LogP contribution in [0.3, 0.4) is 0 Å². The molecule has 0 unspecified atom stereocenters. The first-order chi connectivity index (χ1) is 23.3. The van der Waals surface area contributed by atoms with Gasteiger partial charge in [-0.15, -0.1) is 22.7 Å². The summed E-state index contributed by atoms with van der Waals surface area (Å²) in [6.07, 6.45) is 15.8. The van der Waals surface area contributed by atoms with Crippen molar-refractivity contribution in [3.8, 4) is 32.0 Å². The first kappa shape index (κ1) is 29.4. The highest BCUT2D eigenvalue weighted by Crippen LogP contribution is 2.41. The summed E-state index contributed by atoms with van der Waals surface area (Å²) in [6.45, 7) is 0. The molecule has 0 bridgehead atoms. The van der Waals surface area contributed by atoms with Crippen LogP contribution in [0.15, 0.2) is 170 Å². The van der Waals surface area contributed by atoms with Gasteiger partial charge in [-0.2, -0.15) is 0 Å². The smallest absolute Gasteiger partial charge is 0.0458 e. The maximum Gasteiger partial charge on any atom is 0.0458 e. The summed E-state index contributed by atoms with van der Waals surface area (Å²) in [6, 6.07) is 48.5. The first-order valence-electron chi connectivity index (χ1n) is 16.4. The number of hydrogen-bond donors (Lipinski definition) is 0. The van der Waals surface area contributed by atoms with Crippen molar-refractivity contribution in [1.29, 1.82) is 0 Å². The lowest BCUT2D eigenvalue weighted by molar-refractivity contribution is 0.932. The Morgan fingerprint density at radius 1 is 0.447 bits per heavy atom. The fourth-order valence-corrected chi connectivity index (χ4v) is 8.52. The second-order valence-corrected chi connectivity index (χ2v) is 14.1. The third kappa shape index (κ3) is 6.38. The lowest BCUT2D eigenvalue weighted by Gasteiger charge is -2.30. The van der Waals surface area contributed by atoms with Gasteiger partial charge in [-0.3, -0.25) is 0 Å². The third-order valence-electron chi connectivity index (χ3n) is 8.92. The standard InChI is InChI=1S/C44H35NS2/c1-4-10-32(11-5-1)33-16-22-38(23-17-33)45(39-24-18-36(19-25-39)43-30-28-41(46-43)34-12-6-2-7-13-34)40-26-20-37(21-27-40)44-31-29-42(47-44)35-14-8-3-9-15-35/h1-2,4-8,10-18,20-24,26-31H,3,9,19,25H2. The van der Waals surface area contributed by atoms with Crippen LogP contribution in [-0.2, 0) is 0 Å². The first-order valence-corrected chi connectivity index (χ1v) is 18.0. The second kappa shape index (κ2) is 13.4. The van der Waals surface area contributed by atoms with Gasteiger partial charge in [0, 0.05) is 36.6 Å². The van der Waals surface area contributed by atoms with Crippen molar-refractivity contribution in [1.82, 2.24) is 0 Å². The number of benzene rings is 4. The fraction of sp³-hybridized carbons (Fsp3) is 0.0909. The monoisotopic (exact) mass is 641 g/mol. The van der Waals surface area contributed by atoms with Crippen LogP contribution in [0.4, 0.5) is 11.4 Å². The van der Waals surface area contributed by atoms with Crippen molar-refractivity contribution in [3.63, 3.8) is 0 Å². The Labute approximate surface area is 285 Å². The molecule has 4 aromatic carbocycles. The lowest BCUT2D eigenvalue weighted by atomic mass is 9.99. The SMILES string of the molecule is C1=CC(c2ccc(-c3ccc(N(C4=CC=C(c5ccc(-c6ccccc6)s5)CC4)c4ccc(-c5ccccc5)cc4)cc3)s2)=CCC1. The molecule has 1 nitrogen and oxygen atoms in total. The van der Waals surface area contributed by atoms with Gasteiger partial charge in [-0.1, -0.05) is 109 Å². The minimum Gasteiger partial charge on any atom is -0.314 e. The van der Waals surface area contributed by atoms with E-state index in [1.54, 1.807) is 0 Å². The van der Waals surface area contributed by atoms with Crippen LogP contribution in [0.25, 0.3) is 43.2 Å². The molecular formula is C44H35NS2. The van der Waals surface area contributed by atoms with Gasteiger partial charge < -0.3 is 4.90 Å². The molecule has 2 aliphatic rings. The van der Waals surface area contributed by atoms with Crippen LogP contribution in [0, 0.1) is 0 Å². The van der Waals surface area contributed by atoms with Crippen molar-refractivity contribution in [2.24, 2.45) is 0 Å². The van der Waals surface area contributed by atoms with E-state index in [2.05, 4.69) is 169 Å². The predicted molar refractivity (Wildman–Crippen MR) is 205 cm³/mol. The quantitative estimate of drug-likeness (QED) is 0.160. The van der Waals surface area contributed by atoms with E-state index in [9.17, 15) is 0 Å². The number of thiophene rings is 2. The van der Waals surface area contributed by atoms with Crippen LogP contribution in [0.1, 0.15) is 35.4 Å². The van der Waals surface area contributed by atoms with Crippen LogP contribution in [0.2, 0.25) is 0 Å². The van der Waals surface area contributed by atoms with E-state index >= 15 is 0 Å². The van der Waals surface area contributed by atoms with E-state index in [1.807, 2.05) is 22.7 Å².